The normalized spacial score (nSPS) is 13.5. The van der Waals surface area contributed by atoms with Gasteiger partial charge >= 0.3 is 0 Å². The Bertz CT molecular complexity index is 850. The van der Waals surface area contributed by atoms with Crippen LogP contribution < -0.4 is 4.74 Å². The van der Waals surface area contributed by atoms with Gasteiger partial charge in [-0.3, -0.25) is 4.98 Å². The summed E-state index contributed by atoms with van der Waals surface area (Å²) < 4.78 is 31.3. The van der Waals surface area contributed by atoms with Crippen LogP contribution in [0.25, 0.3) is 11.0 Å². The monoisotopic (exact) mass is 332 g/mol. The number of hydrogen-bond acceptors (Lipinski definition) is 5. The van der Waals surface area contributed by atoms with Crippen LogP contribution in [0.5, 0.6) is 5.75 Å². The number of aromatic amines is 1. The summed E-state index contributed by atoms with van der Waals surface area (Å²) in [5, 5.41) is 0.838. The number of ether oxygens (including phenoxy) is 2. The molecule has 0 bridgehead atoms. The van der Waals surface area contributed by atoms with E-state index in [1.54, 1.807) is 24.0 Å². The number of benzene rings is 1. The number of H-pyrrole nitrogens is 1. The molecule has 0 fully saturated rings. The number of pyridine rings is 1. The van der Waals surface area contributed by atoms with Crippen LogP contribution in [-0.2, 0) is 10.5 Å². The standard InChI is InChI=1S/C17H19N3O2S/c1-12-15(18-8-7-16(12)22-10-9-21-2)11-23-17-19-13-5-3-4-6-14(13)20-17/h3-8H,9-11H2,1-2H3,(H,19,20)/i2D3. The van der Waals surface area contributed by atoms with E-state index in [1.807, 2.05) is 31.2 Å². The molecule has 0 aliphatic rings. The van der Waals surface area contributed by atoms with E-state index in [0.29, 0.717) is 11.5 Å². The van der Waals surface area contributed by atoms with Crippen LogP contribution in [0.3, 0.4) is 0 Å². The molecule has 23 heavy (non-hydrogen) atoms. The van der Waals surface area contributed by atoms with Crippen LogP contribution >= 0.6 is 11.8 Å². The van der Waals surface area contributed by atoms with Gasteiger partial charge in [0.1, 0.15) is 12.4 Å². The van der Waals surface area contributed by atoms with E-state index in [1.165, 1.54) is 0 Å². The van der Waals surface area contributed by atoms with Gasteiger partial charge in [-0.25, -0.2) is 4.98 Å². The van der Waals surface area contributed by atoms with Gasteiger partial charge in [0.15, 0.2) is 5.16 Å². The minimum absolute atomic E-state index is 0.00132. The average molecular weight is 332 g/mol. The highest BCUT2D eigenvalue weighted by Crippen LogP contribution is 2.26. The summed E-state index contributed by atoms with van der Waals surface area (Å²) in [6, 6.07) is 9.65. The highest BCUT2D eigenvalue weighted by Gasteiger charge is 2.09. The van der Waals surface area contributed by atoms with Gasteiger partial charge in [-0.2, -0.15) is 0 Å². The minimum Gasteiger partial charge on any atom is -0.491 e. The molecule has 0 atom stereocenters. The Hall–Kier alpha value is -2.05. The second kappa shape index (κ2) is 7.48. The van der Waals surface area contributed by atoms with Gasteiger partial charge in [0.05, 0.1) is 27.4 Å². The lowest BCUT2D eigenvalue weighted by Crippen LogP contribution is -2.06. The van der Waals surface area contributed by atoms with Crippen molar-refractivity contribution in [2.75, 3.05) is 20.3 Å². The Morgan fingerprint density at radius 1 is 1.26 bits per heavy atom. The van der Waals surface area contributed by atoms with Crippen LogP contribution in [0.2, 0.25) is 0 Å². The predicted octanol–water partition coefficient (Wildman–Crippen LogP) is 3.58. The van der Waals surface area contributed by atoms with E-state index >= 15 is 0 Å². The van der Waals surface area contributed by atoms with E-state index in [4.69, 9.17) is 13.6 Å². The number of para-hydroxylation sites is 2. The smallest absolute Gasteiger partial charge is 0.166 e. The van der Waals surface area contributed by atoms with Crippen molar-refractivity contribution in [3.8, 4) is 5.75 Å². The lowest BCUT2D eigenvalue weighted by Gasteiger charge is -2.11. The molecule has 2 heterocycles. The van der Waals surface area contributed by atoms with Gasteiger partial charge in [-0.15, -0.1) is 0 Å². The summed E-state index contributed by atoms with van der Waals surface area (Å²) in [5.74, 6) is 1.32. The molecular formula is C17H19N3O2S. The van der Waals surface area contributed by atoms with Gasteiger partial charge in [0.25, 0.3) is 0 Å². The van der Waals surface area contributed by atoms with Crippen molar-refractivity contribution >= 4 is 22.8 Å². The Labute approximate surface area is 143 Å². The van der Waals surface area contributed by atoms with Crippen LogP contribution in [-0.4, -0.2) is 35.2 Å². The van der Waals surface area contributed by atoms with Crippen molar-refractivity contribution in [2.24, 2.45) is 0 Å². The van der Waals surface area contributed by atoms with E-state index in [-0.39, 0.29) is 13.2 Å². The lowest BCUT2D eigenvalue weighted by atomic mass is 10.2. The molecule has 0 saturated heterocycles. The first kappa shape index (κ1) is 12.4. The molecule has 1 aromatic carbocycles. The third-order valence-corrected chi connectivity index (χ3v) is 4.30. The van der Waals surface area contributed by atoms with E-state index < -0.39 is 7.04 Å². The lowest BCUT2D eigenvalue weighted by molar-refractivity contribution is 0.146. The van der Waals surface area contributed by atoms with Gasteiger partial charge in [0, 0.05) is 24.6 Å². The van der Waals surface area contributed by atoms with Crippen LogP contribution in [0.1, 0.15) is 15.4 Å². The summed E-state index contributed by atoms with van der Waals surface area (Å²) in [7, 11) is -2.40. The zero-order valence-corrected chi connectivity index (χ0v) is 13.5. The van der Waals surface area contributed by atoms with Gasteiger partial charge in [-0.05, 0) is 25.1 Å². The Balaban J connectivity index is 1.59. The third kappa shape index (κ3) is 3.83. The van der Waals surface area contributed by atoms with Gasteiger partial charge in [-0.1, -0.05) is 23.9 Å². The second-order valence-electron chi connectivity index (χ2n) is 4.93. The van der Waals surface area contributed by atoms with Crippen LogP contribution in [0.15, 0.2) is 41.7 Å². The minimum atomic E-state index is -2.40. The number of nitrogens with one attached hydrogen (secondary N) is 1. The molecule has 0 spiro atoms. The molecule has 0 unspecified atom stereocenters. The Morgan fingerprint density at radius 3 is 3.04 bits per heavy atom. The molecular weight excluding hydrogens is 310 g/mol. The highest BCUT2D eigenvalue weighted by atomic mass is 32.2. The predicted molar refractivity (Wildman–Crippen MR) is 92.0 cm³/mol. The molecule has 1 N–H and O–H groups in total. The quantitative estimate of drug-likeness (QED) is 0.529. The molecule has 0 saturated carbocycles. The fraction of sp³-hybridized carbons (Fsp3) is 0.294. The maximum absolute atomic E-state index is 7.00. The summed E-state index contributed by atoms with van der Waals surface area (Å²) in [6.45, 7) is 2.10. The van der Waals surface area contributed by atoms with Crippen molar-refractivity contribution < 1.29 is 13.6 Å². The van der Waals surface area contributed by atoms with Gasteiger partial charge < -0.3 is 14.5 Å². The topological polar surface area (TPSA) is 60.0 Å². The molecule has 5 nitrogen and oxygen atoms in total. The molecule has 0 aliphatic carbocycles. The molecule has 3 rings (SSSR count). The molecule has 0 radical (unpaired) electrons. The fourth-order valence-electron chi connectivity index (χ4n) is 2.19. The van der Waals surface area contributed by atoms with E-state index in [2.05, 4.69) is 15.0 Å². The number of aromatic nitrogens is 3. The summed E-state index contributed by atoms with van der Waals surface area (Å²) in [6.07, 6.45) is 1.68. The fourth-order valence-corrected chi connectivity index (χ4v) is 3.10. The van der Waals surface area contributed by atoms with Crippen molar-refractivity contribution in [1.82, 2.24) is 15.0 Å². The van der Waals surface area contributed by atoms with Crippen molar-refractivity contribution in [2.45, 2.75) is 17.8 Å². The first-order valence-corrected chi connectivity index (χ1v) is 8.20. The van der Waals surface area contributed by atoms with Crippen molar-refractivity contribution in [1.29, 1.82) is 0 Å². The molecule has 2 aromatic heterocycles. The maximum Gasteiger partial charge on any atom is 0.166 e. The number of fused-ring (bicyclic) bond motifs is 1. The Morgan fingerprint density at radius 2 is 2.17 bits per heavy atom. The molecule has 120 valence electrons. The number of hydrogen-bond donors (Lipinski definition) is 1. The molecule has 0 amide bonds. The second-order valence-corrected chi connectivity index (χ2v) is 5.89. The summed E-state index contributed by atoms with van der Waals surface area (Å²) in [4.78, 5) is 12.2. The maximum atomic E-state index is 7.00. The SMILES string of the molecule is [2H]C([2H])([2H])OCCOc1ccnc(CSc2nc3ccccc3[nH]2)c1C. The number of imidazole rings is 1. The molecule has 6 heteroatoms. The molecule has 0 aliphatic heterocycles. The average Bonchev–Trinajstić information content (AvgIpc) is 3.01. The number of rotatable bonds is 7. The highest BCUT2D eigenvalue weighted by molar-refractivity contribution is 7.98. The van der Waals surface area contributed by atoms with E-state index in [9.17, 15) is 0 Å². The number of methoxy groups -OCH3 is 1. The van der Waals surface area contributed by atoms with Crippen LogP contribution in [0.4, 0.5) is 0 Å². The largest absolute Gasteiger partial charge is 0.491 e. The third-order valence-electron chi connectivity index (χ3n) is 3.41. The number of nitrogens with zero attached hydrogens (tertiary/aromatic N) is 2. The van der Waals surface area contributed by atoms with Crippen LogP contribution in [0, 0.1) is 6.92 Å². The van der Waals surface area contributed by atoms with E-state index in [0.717, 1.165) is 27.4 Å². The first-order chi connectivity index (χ1) is 12.4. The van der Waals surface area contributed by atoms with Crippen molar-refractivity contribution in [3.63, 3.8) is 0 Å². The number of thioether (sulfide) groups is 1. The zero-order chi connectivity index (χ0) is 18.6. The summed E-state index contributed by atoms with van der Waals surface area (Å²) >= 11 is 1.57. The summed E-state index contributed by atoms with van der Waals surface area (Å²) in [5.41, 5.74) is 3.76. The Kier molecular flexibility index (Phi) is 4.03. The van der Waals surface area contributed by atoms with Gasteiger partial charge in [0.2, 0.25) is 0 Å². The zero-order valence-electron chi connectivity index (χ0n) is 15.7. The van der Waals surface area contributed by atoms with Crippen molar-refractivity contribution in [3.05, 3.63) is 47.8 Å². The first-order valence-electron chi connectivity index (χ1n) is 8.71. The molecule has 3 aromatic rings.